The molecule has 13 rings (SSSR count). The van der Waals surface area contributed by atoms with Crippen LogP contribution >= 0.6 is 0 Å². The van der Waals surface area contributed by atoms with Gasteiger partial charge in [0.15, 0.2) is 0 Å². The highest BCUT2D eigenvalue weighted by Crippen LogP contribution is 2.58. The van der Waals surface area contributed by atoms with E-state index >= 15 is 0 Å². The molecule has 2 aromatic carbocycles. The lowest BCUT2D eigenvalue weighted by Crippen LogP contribution is -2.47. The molecule has 0 aromatic heterocycles. The smallest absolute Gasteiger partial charge is 0.0176 e. The Morgan fingerprint density at radius 1 is 0.247 bits per heavy atom. The Morgan fingerprint density at radius 2 is 0.444 bits per heavy atom. The number of benzene rings is 2. The molecule has 11 aliphatic rings. The van der Waals surface area contributed by atoms with Crippen LogP contribution in [0.4, 0.5) is 0 Å². The van der Waals surface area contributed by atoms with E-state index < -0.39 is 0 Å². The van der Waals surface area contributed by atoms with Crippen LogP contribution < -0.4 is 0 Å². The zero-order chi connectivity index (χ0) is 61.7. The molecule has 0 N–H and O–H groups in total. The molecular weight excluding hydrogens is 973 g/mol. The van der Waals surface area contributed by atoms with Crippen LogP contribution in [0.3, 0.4) is 0 Å². The van der Waals surface area contributed by atoms with Crippen molar-refractivity contribution in [3.8, 4) is 0 Å². The zero-order valence-electron chi connectivity index (χ0n) is 60.0. The summed E-state index contributed by atoms with van der Waals surface area (Å²) in [6, 6.07) is 16.7. The van der Waals surface area contributed by atoms with E-state index in [0.717, 1.165) is 178 Å². The van der Waals surface area contributed by atoms with Crippen molar-refractivity contribution in [1.29, 1.82) is 0 Å². The Balaban J connectivity index is 0.000000242. The summed E-state index contributed by atoms with van der Waals surface area (Å²) in [5.41, 5.74) is 5.47. The quantitative estimate of drug-likeness (QED) is 0.231. The maximum absolute atomic E-state index is 2.48. The summed E-state index contributed by atoms with van der Waals surface area (Å²) in [5, 5.41) is 0. The number of fused-ring (bicyclic) bond motifs is 7. The highest BCUT2D eigenvalue weighted by molar-refractivity contribution is 5.24. The summed E-state index contributed by atoms with van der Waals surface area (Å²) in [6.45, 7) is 70.7. The first-order valence-electron chi connectivity index (χ1n) is 35.5. The molecule has 0 heteroatoms. The summed E-state index contributed by atoms with van der Waals surface area (Å²) < 4.78 is 0. The summed E-state index contributed by atoms with van der Waals surface area (Å²) in [5.74, 6) is 29.2. The van der Waals surface area contributed by atoms with E-state index in [9.17, 15) is 0 Å². The third kappa shape index (κ3) is 19.1. The number of hydrogen-bond acceptors (Lipinski definition) is 0. The molecule has 9 saturated carbocycles. The number of rotatable bonds is 0. The van der Waals surface area contributed by atoms with Crippen molar-refractivity contribution in [2.45, 2.75) is 253 Å². The van der Waals surface area contributed by atoms with Gasteiger partial charge in [0.05, 0.1) is 0 Å². The highest BCUT2D eigenvalue weighted by atomic mass is 14.6. The van der Waals surface area contributed by atoms with Gasteiger partial charge in [-0.3, -0.25) is 0 Å². The predicted octanol–water partition coefficient (Wildman–Crippen LogP) is 24.9. The van der Waals surface area contributed by atoms with Crippen LogP contribution in [0.25, 0.3) is 0 Å². The first kappa shape index (κ1) is 73.4. The molecule has 0 radical (unpaired) electrons. The summed E-state index contributed by atoms with van der Waals surface area (Å²) in [6.07, 6.45) is 15.1. The monoisotopic (exact) mass is 1120 g/mol. The van der Waals surface area contributed by atoms with Gasteiger partial charge in [0.25, 0.3) is 0 Å². The maximum Gasteiger partial charge on any atom is -0.0176 e. The molecule has 20 atom stereocenters. The average Bonchev–Trinajstić information content (AvgIpc) is 4.23. The Hall–Kier alpha value is -1.82. The van der Waals surface area contributed by atoms with Crippen molar-refractivity contribution in [3.05, 3.63) is 82.9 Å². The van der Waals surface area contributed by atoms with Crippen LogP contribution in [0, 0.1) is 205 Å². The second-order valence-corrected chi connectivity index (χ2v) is 31.9. The fourth-order valence-electron chi connectivity index (χ4n) is 18.2. The second kappa shape index (κ2) is 33.9. The Bertz CT molecular complexity index is 1790. The topological polar surface area (TPSA) is 0 Å². The van der Waals surface area contributed by atoms with Crippen molar-refractivity contribution in [2.24, 2.45) is 178 Å². The second-order valence-electron chi connectivity index (χ2n) is 31.9. The van der Waals surface area contributed by atoms with Crippen molar-refractivity contribution < 1.29 is 0 Å². The van der Waals surface area contributed by atoms with Crippen LogP contribution in [0.1, 0.15) is 247 Å². The van der Waals surface area contributed by atoms with Crippen LogP contribution in [0.2, 0.25) is 0 Å². The lowest BCUT2D eigenvalue weighted by atomic mass is 9.52. The molecule has 2 aromatic rings. The van der Waals surface area contributed by atoms with Gasteiger partial charge in [-0.05, 0) is 266 Å². The van der Waals surface area contributed by atoms with Gasteiger partial charge < -0.3 is 0 Å². The standard InChI is InChI=1S/C12H22.C12H20.C11H20.C10H20.C9H18.C8H16.2C8H10.C3H8/c2*1-7-8(2)12-6-5-11(7)9(3)10(12)4;1-6-7(2)11-5-10(6)8(3)9(11)4;1-7-5-9(3)10(4)6-8(7)2;1-6-5-7(2)9(4)8(6)3;1-5-6(2)8(4)7(5)3;2*1-7-5-3-4-6-8(7)2;1-3-2/h7-12H,5-6H2,1-4H3;5-12H,1-4H3;6-11H,5H2,1-4H3;7-10H,5-6H2,1-4H3;6-9H,5H2,1-4H3;5-8H,1-4H3;2*3-6H,1-2H3;3H2,1-2H3. The van der Waals surface area contributed by atoms with Crippen LogP contribution in [0.15, 0.2) is 60.7 Å². The van der Waals surface area contributed by atoms with Gasteiger partial charge in [-0.15, -0.1) is 0 Å². The van der Waals surface area contributed by atoms with Gasteiger partial charge in [0.2, 0.25) is 0 Å². The molecule has 81 heavy (non-hydrogen) atoms. The molecule has 11 aliphatic carbocycles. The number of aryl methyl sites for hydroxylation is 4. The van der Waals surface area contributed by atoms with Crippen LogP contribution in [0.5, 0.6) is 0 Å². The third-order valence-corrected chi connectivity index (χ3v) is 27.7. The molecule has 0 nitrogen and oxygen atoms in total. The van der Waals surface area contributed by atoms with Crippen LogP contribution in [-0.4, -0.2) is 0 Å². The summed E-state index contributed by atoms with van der Waals surface area (Å²) in [7, 11) is 0. The molecule has 6 bridgehead atoms. The summed E-state index contributed by atoms with van der Waals surface area (Å²) in [4.78, 5) is 0. The molecule has 20 unspecified atom stereocenters. The van der Waals surface area contributed by atoms with Crippen LogP contribution in [-0.2, 0) is 0 Å². The van der Waals surface area contributed by atoms with Crippen molar-refractivity contribution >= 4 is 0 Å². The maximum atomic E-state index is 2.48. The molecule has 0 heterocycles. The largest absolute Gasteiger partial charge is 0.0846 e. The fraction of sp³-hybridized carbons (Fsp3) is 0.827. The normalized spacial score (nSPS) is 45.1. The molecule has 0 saturated heterocycles. The van der Waals surface area contributed by atoms with E-state index in [-0.39, 0.29) is 0 Å². The molecule has 0 amide bonds. The number of hydrogen-bond donors (Lipinski definition) is 0. The molecular formula is C81H144. The molecule has 0 aliphatic heterocycles. The molecule has 9 fully saturated rings. The number of allylic oxidation sites excluding steroid dienone is 2. The average molecular weight is 1120 g/mol. The van der Waals surface area contributed by atoms with E-state index in [1.165, 1.54) is 67.2 Å². The Labute approximate surface area is 510 Å². The predicted molar refractivity (Wildman–Crippen MR) is 366 cm³/mol. The fourth-order valence-corrected chi connectivity index (χ4v) is 18.2. The first-order valence-corrected chi connectivity index (χ1v) is 35.5. The van der Waals surface area contributed by atoms with E-state index in [0.29, 0.717) is 0 Å². The van der Waals surface area contributed by atoms with Gasteiger partial charge >= 0.3 is 0 Å². The van der Waals surface area contributed by atoms with E-state index in [2.05, 4.69) is 268 Å². The molecule has 468 valence electrons. The minimum atomic E-state index is 0.861. The van der Waals surface area contributed by atoms with Crippen molar-refractivity contribution in [3.63, 3.8) is 0 Å². The highest BCUT2D eigenvalue weighted by Gasteiger charge is 2.51. The Morgan fingerprint density at radius 3 is 0.617 bits per heavy atom. The minimum Gasteiger partial charge on any atom is -0.0846 e. The van der Waals surface area contributed by atoms with E-state index in [1.54, 1.807) is 0 Å². The first-order chi connectivity index (χ1) is 37.8. The zero-order valence-corrected chi connectivity index (χ0v) is 60.0. The van der Waals surface area contributed by atoms with Crippen molar-refractivity contribution in [2.75, 3.05) is 0 Å². The Kier molecular flexibility index (Phi) is 30.7. The van der Waals surface area contributed by atoms with E-state index in [4.69, 9.17) is 0 Å². The van der Waals surface area contributed by atoms with Gasteiger partial charge in [0, 0.05) is 0 Å². The lowest BCUT2D eigenvalue weighted by Gasteiger charge is -2.53. The van der Waals surface area contributed by atoms with Gasteiger partial charge in [-0.2, -0.15) is 0 Å². The van der Waals surface area contributed by atoms with Crippen molar-refractivity contribution in [1.82, 2.24) is 0 Å². The third-order valence-electron chi connectivity index (χ3n) is 27.7. The SMILES string of the molecule is CC1C(C)C(C)C1C.CC1C(C)C2C=CC1C(C)C2C.CC1C(C)C2CC1C(C)C2C.CC1C(C)C2CCC1C(C)C2C.CC1CC(C)C(C)C1C.CC1CC(C)C(C)CC1C.CCC.Cc1ccccc1C.Cc1ccccc1C. The molecule has 0 spiro atoms. The summed E-state index contributed by atoms with van der Waals surface area (Å²) >= 11 is 0. The van der Waals surface area contributed by atoms with Gasteiger partial charge in [-0.25, -0.2) is 0 Å². The lowest BCUT2D eigenvalue weighted by molar-refractivity contribution is -0.0466. The van der Waals surface area contributed by atoms with Gasteiger partial charge in [-0.1, -0.05) is 247 Å². The van der Waals surface area contributed by atoms with Gasteiger partial charge in [0.1, 0.15) is 0 Å². The minimum absolute atomic E-state index is 0.861. The van der Waals surface area contributed by atoms with E-state index in [1.807, 2.05) is 0 Å².